The Bertz CT molecular complexity index is 195. The van der Waals surface area contributed by atoms with E-state index in [-0.39, 0.29) is 23.9 Å². The van der Waals surface area contributed by atoms with E-state index in [1.807, 2.05) is 6.92 Å². The molecule has 1 aliphatic heterocycles. The van der Waals surface area contributed by atoms with Crippen molar-refractivity contribution in [1.29, 1.82) is 0 Å². The minimum atomic E-state index is -0.258. The number of rotatable bonds is 2. The fourth-order valence-corrected chi connectivity index (χ4v) is 2.45. The van der Waals surface area contributed by atoms with Gasteiger partial charge in [0.05, 0.1) is 17.8 Å². The summed E-state index contributed by atoms with van der Waals surface area (Å²) in [5, 5.41) is 0. The number of hydrogen-bond donors (Lipinski definition) is 0. The van der Waals surface area contributed by atoms with Crippen LogP contribution in [0.5, 0.6) is 0 Å². The summed E-state index contributed by atoms with van der Waals surface area (Å²) in [4.78, 5) is 0. The standard InChI is InChI=1S/C11H22O3/c1-7-8(2)14-9(3)10(12-5)11(7,4)13-6/h7-10H,1-6H3. The van der Waals surface area contributed by atoms with Gasteiger partial charge in [0.25, 0.3) is 0 Å². The van der Waals surface area contributed by atoms with E-state index in [0.717, 1.165) is 0 Å². The van der Waals surface area contributed by atoms with Crippen LogP contribution in [-0.4, -0.2) is 38.1 Å². The highest BCUT2D eigenvalue weighted by Crippen LogP contribution is 2.37. The predicted molar refractivity (Wildman–Crippen MR) is 55.4 cm³/mol. The van der Waals surface area contributed by atoms with Crippen molar-refractivity contribution in [3.05, 3.63) is 0 Å². The molecular formula is C11H22O3. The van der Waals surface area contributed by atoms with E-state index in [1.54, 1.807) is 14.2 Å². The first-order chi connectivity index (χ1) is 6.47. The molecule has 1 fully saturated rings. The van der Waals surface area contributed by atoms with Crippen LogP contribution in [-0.2, 0) is 14.2 Å². The lowest BCUT2D eigenvalue weighted by atomic mass is 9.77. The maximum Gasteiger partial charge on any atom is 0.112 e. The highest BCUT2D eigenvalue weighted by Gasteiger charge is 2.49. The SMILES string of the molecule is COC1C(C)OC(C)C(C)C1(C)OC. The zero-order valence-corrected chi connectivity index (χ0v) is 10.0. The Labute approximate surface area is 86.7 Å². The lowest BCUT2D eigenvalue weighted by molar-refractivity contribution is -0.247. The first kappa shape index (κ1) is 12.0. The molecular weight excluding hydrogens is 180 g/mol. The van der Waals surface area contributed by atoms with E-state index in [4.69, 9.17) is 14.2 Å². The molecule has 0 aromatic carbocycles. The van der Waals surface area contributed by atoms with Crippen molar-refractivity contribution in [3.63, 3.8) is 0 Å². The molecule has 3 nitrogen and oxygen atoms in total. The normalized spacial score (nSPS) is 49.3. The van der Waals surface area contributed by atoms with Gasteiger partial charge in [0.2, 0.25) is 0 Å². The molecule has 1 aliphatic rings. The van der Waals surface area contributed by atoms with E-state index in [9.17, 15) is 0 Å². The second kappa shape index (κ2) is 4.17. The zero-order valence-electron chi connectivity index (χ0n) is 10.0. The van der Waals surface area contributed by atoms with Crippen LogP contribution in [0.1, 0.15) is 27.7 Å². The smallest absolute Gasteiger partial charge is 0.112 e. The molecule has 0 N–H and O–H groups in total. The molecule has 0 amide bonds. The Hall–Kier alpha value is -0.120. The van der Waals surface area contributed by atoms with Gasteiger partial charge in [0.1, 0.15) is 6.10 Å². The number of hydrogen-bond acceptors (Lipinski definition) is 3. The third kappa shape index (κ3) is 1.69. The molecule has 1 rings (SSSR count). The minimum Gasteiger partial charge on any atom is -0.376 e. The lowest BCUT2D eigenvalue weighted by Crippen LogP contribution is -2.61. The van der Waals surface area contributed by atoms with Crippen LogP contribution in [0.15, 0.2) is 0 Å². The van der Waals surface area contributed by atoms with Crippen LogP contribution in [0.4, 0.5) is 0 Å². The van der Waals surface area contributed by atoms with Gasteiger partial charge in [0, 0.05) is 20.1 Å². The summed E-state index contributed by atoms with van der Waals surface area (Å²) >= 11 is 0. The molecule has 84 valence electrons. The molecule has 0 aromatic heterocycles. The van der Waals surface area contributed by atoms with Crippen LogP contribution in [0.3, 0.4) is 0 Å². The highest BCUT2D eigenvalue weighted by molar-refractivity contribution is 4.98. The fourth-order valence-electron chi connectivity index (χ4n) is 2.45. The summed E-state index contributed by atoms with van der Waals surface area (Å²) in [5.41, 5.74) is -0.258. The molecule has 1 heterocycles. The van der Waals surface area contributed by atoms with Gasteiger partial charge >= 0.3 is 0 Å². The van der Waals surface area contributed by atoms with Crippen molar-refractivity contribution in [1.82, 2.24) is 0 Å². The maximum atomic E-state index is 5.79. The quantitative estimate of drug-likeness (QED) is 0.684. The summed E-state index contributed by atoms with van der Waals surface area (Å²) < 4.78 is 16.9. The highest BCUT2D eigenvalue weighted by atomic mass is 16.6. The van der Waals surface area contributed by atoms with Crippen LogP contribution in [0.2, 0.25) is 0 Å². The summed E-state index contributed by atoms with van der Waals surface area (Å²) in [6, 6.07) is 0. The monoisotopic (exact) mass is 202 g/mol. The van der Waals surface area contributed by atoms with E-state index in [2.05, 4.69) is 20.8 Å². The average molecular weight is 202 g/mol. The second-order valence-corrected chi connectivity index (χ2v) is 4.38. The van der Waals surface area contributed by atoms with Crippen LogP contribution >= 0.6 is 0 Å². The Balaban J connectivity index is 2.93. The maximum absolute atomic E-state index is 5.79. The fraction of sp³-hybridized carbons (Fsp3) is 1.00. The van der Waals surface area contributed by atoms with Crippen molar-refractivity contribution < 1.29 is 14.2 Å². The second-order valence-electron chi connectivity index (χ2n) is 4.38. The topological polar surface area (TPSA) is 27.7 Å². The predicted octanol–water partition coefficient (Wildman–Crippen LogP) is 1.85. The Kier molecular flexibility index (Phi) is 3.56. The van der Waals surface area contributed by atoms with Crippen LogP contribution < -0.4 is 0 Å². The van der Waals surface area contributed by atoms with Gasteiger partial charge in [-0.25, -0.2) is 0 Å². The van der Waals surface area contributed by atoms with Gasteiger partial charge in [-0.15, -0.1) is 0 Å². The Morgan fingerprint density at radius 3 is 2.07 bits per heavy atom. The zero-order chi connectivity index (χ0) is 10.9. The third-order valence-electron chi connectivity index (χ3n) is 3.72. The number of ether oxygens (including phenoxy) is 3. The molecule has 0 aromatic rings. The minimum absolute atomic E-state index is 0.00120. The summed E-state index contributed by atoms with van der Waals surface area (Å²) in [7, 11) is 3.46. The van der Waals surface area contributed by atoms with E-state index in [0.29, 0.717) is 5.92 Å². The average Bonchev–Trinajstić information content (AvgIpc) is 2.15. The van der Waals surface area contributed by atoms with Gasteiger partial charge in [0.15, 0.2) is 0 Å². The molecule has 0 saturated carbocycles. The largest absolute Gasteiger partial charge is 0.376 e. The van der Waals surface area contributed by atoms with Crippen molar-refractivity contribution in [2.45, 2.75) is 51.6 Å². The van der Waals surface area contributed by atoms with Crippen molar-refractivity contribution in [2.24, 2.45) is 5.92 Å². The molecule has 0 bridgehead atoms. The van der Waals surface area contributed by atoms with Crippen molar-refractivity contribution >= 4 is 0 Å². The van der Waals surface area contributed by atoms with Gasteiger partial charge in [-0.2, -0.15) is 0 Å². The molecule has 0 radical (unpaired) electrons. The molecule has 5 atom stereocenters. The van der Waals surface area contributed by atoms with E-state index >= 15 is 0 Å². The van der Waals surface area contributed by atoms with Crippen molar-refractivity contribution in [2.75, 3.05) is 14.2 Å². The lowest BCUT2D eigenvalue weighted by Gasteiger charge is -2.49. The van der Waals surface area contributed by atoms with Gasteiger partial charge < -0.3 is 14.2 Å². The number of methoxy groups -OCH3 is 2. The van der Waals surface area contributed by atoms with Gasteiger partial charge in [-0.05, 0) is 20.8 Å². The van der Waals surface area contributed by atoms with Gasteiger partial charge in [-0.3, -0.25) is 0 Å². The Morgan fingerprint density at radius 1 is 1.07 bits per heavy atom. The van der Waals surface area contributed by atoms with Crippen molar-refractivity contribution in [3.8, 4) is 0 Å². The third-order valence-corrected chi connectivity index (χ3v) is 3.72. The Morgan fingerprint density at radius 2 is 1.64 bits per heavy atom. The van der Waals surface area contributed by atoms with Crippen LogP contribution in [0, 0.1) is 5.92 Å². The molecule has 0 spiro atoms. The molecule has 3 heteroatoms. The molecule has 14 heavy (non-hydrogen) atoms. The van der Waals surface area contributed by atoms with E-state index < -0.39 is 0 Å². The molecule has 0 aliphatic carbocycles. The summed E-state index contributed by atoms with van der Waals surface area (Å²) in [5.74, 6) is 0.327. The van der Waals surface area contributed by atoms with Crippen LogP contribution in [0.25, 0.3) is 0 Å². The summed E-state index contributed by atoms with van der Waals surface area (Å²) in [6.07, 6.45) is 0.288. The first-order valence-electron chi connectivity index (χ1n) is 5.20. The molecule has 5 unspecified atom stereocenters. The molecule has 1 saturated heterocycles. The van der Waals surface area contributed by atoms with Gasteiger partial charge in [-0.1, -0.05) is 6.92 Å². The van der Waals surface area contributed by atoms with E-state index in [1.165, 1.54) is 0 Å². The first-order valence-corrected chi connectivity index (χ1v) is 5.20. The summed E-state index contributed by atoms with van der Waals surface area (Å²) in [6.45, 7) is 8.37.